The summed E-state index contributed by atoms with van der Waals surface area (Å²) in [7, 11) is -1.04. The molecule has 0 unspecified atom stereocenters. The van der Waals surface area contributed by atoms with E-state index < -0.39 is 7.32 Å². The molecule has 0 heterocycles. The molecular formula is C16H21BO3. The Bertz CT molecular complexity index is 404. The normalized spacial score (nSPS) is 9.55. The Balaban J connectivity index is 0.000000221. The van der Waals surface area contributed by atoms with E-state index in [9.17, 15) is 0 Å². The van der Waals surface area contributed by atoms with Crippen LogP contribution in [0, 0.1) is 0 Å². The van der Waals surface area contributed by atoms with Crippen LogP contribution in [0.1, 0.15) is 13.8 Å². The fourth-order valence-corrected chi connectivity index (χ4v) is 1.59. The molecule has 2 aromatic carbocycles. The molecule has 0 saturated carbocycles. The Morgan fingerprint density at radius 1 is 0.750 bits per heavy atom. The van der Waals surface area contributed by atoms with Crippen molar-refractivity contribution in [3.8, 4) is 11.1 Å². The van der Waals surface area contributed by atoms with Crippen LogP contribution in [0.25, 0.3) is 11.1 Å². The van der Waals surface area contributed by atoms with Crippen LogP contribution >= 0.6 is 0 Å². The maximum Gasteiger partial charge on any atom is 0.636 e. The molecule has 0 aliphatic rings. The first kappa shape index (κ1) is 16.4. The minimum atomic E-state index is -1.04. The van der Waals surface area contributed by atoms with Gasteiger partial charge in [0.25, 0.3) is 0 Å². The second-order valence-electron chi connectivity index (χ2n) is 3.95. The van der Waals surface area contributed by atoms with Crippen molar-refractivity contribution in [1.29, 1.82) is 0 Å². The van der Waals surface area contributed by atoms with Crippen molar-refractivity contribution in [1.82, 2.24) is 0 Å². The molecule has 0 saturated heterocycles. The van der Waals surface area contributed by atoms with Crippen molar-refractivity contribution in [3.05, 3.63) is 60.7 Å². The lowest BCUT2D eigenvalue weighted by molar-refractivity contribution is 0.145. The van der Waals surface area contributed by atoms with Crippen molar-refractivity contribution in [3.63, 3.8) is 0 Å². The second kappa shape index (κ2) is 10.2. The summed E-state index contributed by atoms with van der Waals surface area (Å²) < 4.78 is 9.23. The zero-order valence-corrected chi connectivity index (χ0v) is 12.0. The Morgan fingerprint density at radius 2 is 1.10 bits per heavy atom. The molecule has 106 valence electrons. The van der Waals surface area contributed by atoms with E-state index in [0.717, 1.165) is 0 Å². The Morgan fingerprint density at radius 3 is 1.40 bits per heavy atom. The molecule has 0 fully saturated rings. The van der Waals surface area contributed by atoms with Crippen LogP contribution in [-0.2, 0) is 9.31 Å². The molecular weight excluding hydrogens is 251 g/mol. The fraction of sp³-hybridized carbons (Fsp3) is 0.250. The lowest BCUT2D eigenvalue weighted by Gasteiger charge is -2.02. The summed E-state index contributed by atoms with van der Waals surface area (Å²) in [5, 5.41) is 8.60. The van der Waals surface area contributed by atoms with Crippen molar-refractivity contribution < 1.29 is 14.3 Å². The smallest absolute Gasteiger partial charge is 0.402 e. The molecule has 0 amide bonds. The zero-order chi connectivity index (χ0) is 14.6. The average Bonchev–Trinajstić information content (AvgIpc) is 2.50. The van der Waals surface area contributed by atoms with E-state index in [2.05, 4.69) is 57.8 Å². The van der Waals surface area contributed by atoms with Crippen molar-refractivity contribution in [2.24, 2.45) is 0 Å². The van der Waals surface area contributed by atoms with Crippen molar-refractivity contribution in [2.75, 3.05) is 13.2 Å². The second-order valence-corrected chi connectivity index (χ2v) is 3.95. The average molecular weight is 272 g/mol. The maximum absolute atomic E-state index is 8.60. The van der Waals surface area contributed by atoms with Crippen LogP contribution in [-0.4, -0.2) is 25.6 Å². The van der Waals surface area contributed by atoms with Crippen LogP contribution in [0.2, 0.25) is 0 Å². The molecule has 0 aromatic heterocycles. The highest BCUT2D eigenvalue weighted by Crippen LogP contribution is 2.17. The van der Waals surface area contributed by atoms with Gasteiger partial charge in [-0.15, -0.1) is 0 Å². The summed E-state index contributed by atoms with van der Waals surface area (Å²) in [5.74, 6) is 0. The lowest BCUT2D eigenvalue weighted by Crippen LogP contribution is -2.22. The molecule has 0 aliphatic carbocycles. The van der Waals surface area contributed by atoms with Crippen molar-refractivity contribution in [2.45, 2.75) is 13.8 Å². The van der Waals surface area contributed by atoms with E-state index in [4.69, 9.17) is 5.02 Å². The Labute approximate surface area is 121 Å². The topological polar surface area (TPSA) is 38.7 Å². The van der Waals surface area contributed by atoms with Gasteiger partial charge >= 0.3 is 7.32 Å². The molecule has 0 aliphatic heterocycles. The van der Waals surface area contributed by atoms with Gasteiger partial charge in [-0.1, -0.05) is 60.7 Å². The summed E-state index contributed by atoms with van der Waals surface area (Å²) in [4.78, 5) is 0. The highest BCUT2D eigenvalue weighted by Gasteiger charge is 2.11. The van der Waals surface area contributed by atoms with E-state index in [1.807, 2.05) is 12.1 Å². The number of hydrogen-bond donors (Lipinski definition) is 1. The van der Waals surface area contributed by atoms with Crippen LogP contribution in [0.5, 0.6) is 0 Å². The molecule has 2 aromatic rings. The van der Waals surface area contributed by atoms with Gasteiger partial charge in [0.15, 0.2) is 0 Å². The molecule has 3 nitrogen and oxygen atoms in total. The molecule has 4 heteroatoms. The molecule has 0 bridgehead atoms. The van der Waals surface area contributed by atoms with Crippen LogP contribution in [0.3, 0.4) is 0 Å². The largest absolute Gasteiger partial charge is 0.636 e. The Kier molecular flexibility index (Phi) is 8.39. The monoisotopic (exact) mass is 272 g/mol. The third-order valence-corrected chi connectivity index (χ3v) is 2.50. The molecule has 20 heavy (non-hydrogen) atoms. The fourth-order valence-electron chi connectivity index (χ4n) is 1.59. The number of hydrogen-bond acceptors (Lipinski definition) is 3. The van der Waals surface area contributed by atoms with Gasteiger partial charge < -0.3 is 14.3 Å². The van der Waals surface area contributed by atoms with Crippen LogP contribution in [0.15, 0.2) is 60.7 Å². The minimum Gasteiger partial charge on any atom is -0.402 e. The first-order chi connectivity index (χ1) is 9.77. The van der Waals surface area contributed by atoms with Crippen LogP contribution < -0.4 is 0 Å². The minimum absolute atomic E-state index is 0.473. The van der Waals surface area contributed by atoms with E-state index in [1.54, 1.807) is 13.8 Å². The number of rotatable bonds is 5. The summed E-state index contributed by atoms with van der Waals surface area (Å²) in [6, 6.07) is 20.8. The lowest BCUT2D eigenvalue weighted by atomic mass is 10.1. The van der Waals surface area contributed by atoms with E-state index in [1.165, 1.54) is 11.1 Å². The quantitative estimate of drug-likeness (QED) is 0.848. The maximum atomic E-state index is 8.60. The van der Waals surface area contributed by atoms with Gasteiger partial charge in [-0.2, -0.15) is 0 Å². The van der Waals surface area contributed by atoms with E-state index in [0.29, 0.717) is 13.2 Å². The first-order valence-corrected chi connectivity index (χ1v) is 6.79. The third kappa shape index (κ3) is 6.52. The van der Waals surface area contributed by atoms with Crippen molar-refractivity contribution >= 4 is 7.32 Å². The molecule has 1 N–H and O–H groups in total. The summed E-state index contributed by atoms with van der Waals surface area (Å²) in [6.45, 7) is 4.53. The first-order valence-electron chi connectivity index (χ1n) is 6.79. The Hall–Kier alpha value is -1.62. The molecule has 0 radical (unpaired) electrons. The van der Waals surface area contributed by atoms with Gasteiger partial charge in [0, 0.05) is 13.2 Å². The van der Waals surface area contributed by atoms with Gasteiger partial charge in [0.1, 0.15) is 0 Å². The van der Waals surface area contributed by atoms with E-state index >= 15 is 0 Å². The predicted octanol–water partition coefficient (Wildman–Crippen LogP) is 3.39. The van der Waals surface area contributed by atoms with E-state index in [-0.39, 0.29) is 0 Å². The zero-order valence-electron chi connectivity index (χ0n) is 12.0. The molecule has 0 spiro atoms. The molecule has 0 atom stereocenters. The van der Waals surface area contributed by atoms with Gasteiger partial charge in [-0.05, 0) is 25.0 Å². The highest BCUT2D eigenvalue weighted by molar-refractivity contribution is 6.34. The van der Waals surface area contributed by atoms with Crippen LogP contribution in [0.4, 0.5) is 0 Å². The third-order valence-electron chi connectivity index (χ3n) is 2.50. The summed E-state index contributed by atoms with van der Waals surface area (Å²) >= 11 is 0. The summed E-state index contributed by atoms with van der Waals surface area (Å²) in [6.07, 6.45) is 0. The summed E-state index contributed by atoms with van der Waals surface area (Å²) in [5.41, 5.74) is 2.55. The van der Waals surface area contributed by atoms with Gasteiger partial charge in [-0.25, -0.2) is 0 Å². The standard InChI is InChI=1S/C12H10.C4H11BO3/c1-3-7-11(8-4-1)12-9-5-2-6-10-12;1-3-7-5(6)8-4-2/h1-10H;6H,3-4H2,1-2H3. The van der Waals surface area contributed by atoms with Gasteiger partial charge in [-0.3, -0.25) is 0 Å². The van der Waals surface area contributed by atoms with Gasteiger partial charge in [0.05, 0.1) is 0 Å². The number of benzene rings is 2. The molecule has 2 rings (SSSR count). The predicted molar refractivity (Wildman–Crippen MR) is 83.1 cm³/mol. The SMILES string of the molecule is CCOB(O)OCC.c1ccc(-c2ccccc2)cc1. The van der Waals surface area contributed by atoms with Gasteiger partial charge in [0.2, 0.25) is 0 Å². The highest BCUT2D eigenvalue weighted by atomic mass is 16.7.